The Bertz CT molecular complexity index is 675. The van der Waals surface area contributed by atoms with E-state index in [1.807, 2.05) is 0 Å². The Hall–Kier alpha value is -2.71. The van der Waals surface area contributed by atoms with Gasteiger partial charge in [0.25, 0.3) is 11.8 Å². The maximum absolute atomic E-state index is 12.5. The first kappa shape index (κ1) is 24.3. The van der Waals surface area contributed by atoms with Crippen molar-refractivity contribution in [1.82, 2.24) is 20.9 Å². The summed E-state index contributed by atoms with van der Waals surface area (Å²) in [5.74, 6) is -1.96. The van der Waals surface area contributed by atoms with Gasteiger partial charge in [0.15, 0.2) is 0 Å². The second-order valence-electron chi connectivity index (χ2n) is 8.48. The van der Waals surface area contributed by atoms with Crippen LogP contribution in [0.1, 0.15) is 48.0 Å². The van der Waals surface area contributed by atoms with Gasteiger partial charge >= 0.3 is 0 Å². The fraction of sp³-hybridized carbons (Fsp3) is 0.650. The van der Waals surface area contributed by atoms with Crippen LogP contribution in [0.15, 0.2) is 12.2 Å². The van der Waals surface area contributed by atoms with Crippen LogP contribution in [-0.2, 0) is 24.0 Å². The fourth-order valence-corrected chi connectivity index (χ4v) is 2.50. The minimum absolute atomic E-state index is 0.171. The highest BCUT2D eigenvalue weighted by Crippen LogP contribution is 2.13. The topological polar surface area (TPSA) is 125 Å². The first-order valence-electron chi connectivity index (χ1n) is 9.77. The van der Waals surface area contributed by atoms with E-state index in [1.54, 1.807) is 41.5 Å². The van der Waals surface area contributed by atoms with Crippen LogP contribution in [0.5, 0.6) is 0 Å². The summed E-state index contributed by atoms with van der Waals surface area (Å²) >= 11 is 0. The number of hydrogen-bond donors (Lipinski definition) is 3. The molecule has 0 radical (unpaired) electrons. The number of hydrogen-bond acceptors (Lipinski definition) is 5. The predicted molar refractivity (Wildman–Crippen MR) is 107 cm³/mol. The van der Waals surface area contributed by atoms with E-state index in [1.165, 1.54) is 12.2 Å². The van der Waals surface area contributed by atoms with Gasteiger partial charge in [-0.05, 0) is 19.3 Å². The molecule has 9 heteroatoms. The molecule has 0 unspecified atom stereocenters. The van der Waals surface area contributed by atoms with Crippen molar-refractivity contribution in [3.05, 3.63) is 12.2 Å². The minimum Gasteiger partial charge on any atom is -0.354 e. The molecule has 0 spiro atoms. The lowest BCUT2D eigenvalue weighted by atomic mass is 9.95. The third-order valence-electron chi connectivity index (χ3n) is 4.43. The van der Waals surface area contributed by atoms with Crippen molar-refractivity contribution in [2.75, 3.05) is 13.1 Å². The molecule has 1 rings (SSSR count). The Kier molecular flexibility index (Phi) is 8.54. The van der Waals surface area contributed by atoms with Crippen LogP contribution in [0.25, 0.3) is 0 Å². The number of imide groups is 1. The van der Waals surface area contributed by atoms with Crippen LogP contribution in [0.4, 0.5) is 0 Å². The number of nitrogens with one attached hydrogen (secondary N) is 3. The smallest absolute Gasteiger partial charge is 0.253 e. The van der Waals surface area contributed by atoms with E-state index < -0.39 is 23.4 Å². The Balaban J connectivity index is 2.51. The van der Waals surface area contributed by atoms with E-state index in [9.17, 15) is 24.0 Å². The van der Waals surface area contributed by atoms with E-state index in [0.717, 1.165) is 4.90 Å². The monoisotopic (exact) mass is 408 g/mol. The first-order chi connectivity index (χ1) is 13.3. The van der Waals surface area contributed by atoms with Crippen LogP contribution < -0.4 is 16.0 Å². The van der Waals surface area contributed by atoms with E-state index in [-0.39, 0.29) is 42.6 Å². The van der Waals surface area contributed by atoms with Crippen LogP contribution >= 0.6 is 0 Å². The molecule has 9 nitrogen and oxygen atoms in total. The standard InChI is InChI=1S/C20H32N4O5/c1-12(2)16(23-17(27)13(3)22-19(29)20(4,5)6)18(28)21-10-7-11-24-14(25)8-9-15(24)26/h8-9,12-13,16H,7,10-11H2,1-6H3,(H,21,28)(H,22,29)(H,23,27)/t13-,16-/m1/s1. The Morgan fingerprint density at radius 3 is 2.00 bits per heavy atom. The maximum atomic E-state index is 12.5. The highest BCUT2D eigenvalue weighted by Gasteiger charge is 2.29. The van der Waals surface area contributed by atoms with Crippen molar-refractivity contribution in [3.63, 3.8) is 0 Å². The zero-order chi connectivity index (χ0) is 22.4. The van der Waals surface area contributed by atoms with Gasteiger partial charge < -0.3 is 16.0 Å². The molecule has 0 fully saturated rings. The molecule has 3 N–H and O–H groups in total. The van der Waals surface area contributed by atoms with Crippen molar-refractivity contribution in [2.24, 2.45) is 11.3 Å². The van der Waals surface area contributed by atoms with Crippen LogP contribution in [-0.4, -0.2) is 59.6 Å². The minimum atomic E-state index is -0.782. The van der Waals surface area contributed by atoms with Crippen LogP contribution in [0, 0.1) is 11.3 Å². The van der Waals surface area contributed by atoms with Gasteiger partial charge in [0.1, 0.15) is 12.1 Å². The number of carbonyl (C=O) groups is 5. The zero-order valence-corrected chi connectivity index (χ0v) is 18.0. The lowest BCUT2D eigenvalue weighted by Crippen LogP contribution is -2.55. The number of amides is 5. The third-order valence-corrected chi connectivity index (χ3v) is 4.43. The molecule has 0 aromatic rings. The second kappa shape index (κ2) is 10.2. The largest absolute Gasteiger partial charge is 0.354 e. The molecule has 1 heterocycles. The van der Waals surface area contributed by atoms with Crippen LogP contribution in [0.3, 0.4) is 0 Å². The average molecular weight is 408 g/mol. The van der Waals surface area contributed by atoms with Gasteiger partial charge in [-0.3, -0.25) is 28.9 Å². The molecule has 5 amide bonds. The SMILES string of the molecule is CC(C)[C@@H](NC(=O)[C@@H](C)NC(=O)C(C)(C)C)C(=O)NCCCN1C(=O)C=CC1=O. The number of rotatable bonds is 9. The van der Waals surface area contributed by atoms with E-state index in [2.05, 4.69) is 16.0 Å². The van der Waals surface area contributed by atoms with Gasteiger partial charge in [0.2, 0.25) is 17.7 Å². The van der Waals surface area contributed by atoms with E-state index in [4.69, 9.17) is 0 Å². The van der Waals surface area contributed by atoms with Crippen molar-refractivity contribution in [2.45, 2.75) is 60.0 Å². The summed E-state index contributed by atoms with van der Waals surface area (Å²) in [7, 11) is 0. The molecule has 29 heavy (non-hydrogen) atoms. The maximum Gasteiger partial charge on any atom is 0.253 e. The number of nitrogens with zero attached hydrogens (tertiary/aromatic N) is 1. The van der Waals surface area contributed by atoms with Crippen molar-refractivity contribution < 1.29 is 24.0 Å². The number of carbonyl (C=O) groups excluding carboxylic acids is 5. The lowest BCUT2D eigenvalue weighted by Gasteiger charge is -2.25. The van der Waals surface area contributed by atoms with Gasteiger partial charge in [-0.1, -0.05) is 34.6 Å². The summed E-state index contributed by atoms with van der Waals surface area (Å²) in [6, 6.07) is -1.55. The molecular weight excluding hydrogens is 376 g/mol. The van der Waals surface area contributed by atoms with Gasteiger partial charge in [0.05, 0.1) is 0 Å². The molecule has 0 saturated heterocycles. The van der Waals surface area contributed by atoms with Gasteiger partial charge in [-0.15, -0.1) is 0 Å². The molecule has 162 valence electrons. The normalized spacial score (nSPS) is 16.0. The van der Waals surface area contributed by atoms with E-state index >= 15 is 0 Å². The lowest BCUT2D eigenvalue weighted by molar-refractivity contribution is -0.136. The average Bonchev–Trinajstić information content (AvgIpc) is 2.93. The summed E-state index contributed by atoms with van der Waals surface area (Å²) in [4.78, 5) is 61.0. The quantitative estimate of drug-likeness (QED) is 0.369. The molecule has 0 bridgehead atoms. The zero-order valence-electron chi connectivity index (χ0n) is 18.0. The summed E-state index contributed by atoms with van der Waals surface area (Å²) in [6.07, 6.45) is 2.83. The Morgan fingerprint density at radius 1 is 0.966 bits per heavy atom. The third kappa shape index (κ3) is 7.32. The molecule has 1 aliphatic rings. The predicted octanol–water partition coefficient (Wildman–Crippen LogP) is 0.109. The molecule has 0 saturated carbocycles. The molecule has 2 atom stereocenters. The van der Waals surface area contributed by atoms with Gasteiger partial charge in [-0.2, -0.15) is 0 Å². The molecule has 0 aliphatic carbocycles. The van der Waals surface area contributed by atoms with Crippen LogP contribution in [0.2, 0.25) is 0 Å². The summed E-state index contributed by atoms with van der Waals surface area (Å²) in [5, 5.41) is 8.03. The van der Waals surface area contributed by atoms with Crippen molar-refractivity contribution in [3.8, 4) is 0 Å². The highest BCUT2D eigenvalue weighted by atomic mass is 16.2. The highest BCUT2D eigenvalue weighted by molar-refractivity contribution is 6.12. The van der Waals surface area contributed by atoms with E-state index in [0.29, 0.717) is 6.42 Å². The molecule has 1 aliphatic heterocycles. The van der Waals surface area contributed by atoms with Gasteiger partial charge in [0, 0.05) is 30.7 Å². The molecule has 0 aromatic carbocycles. The van der Waals surface area contributed by atoms with Crippen molar-refractivity contribution >= 4 is 29.5 Å². The van der Waals surface area contributed by atoms with Crippen molar-refractivity contribution in [1.29, 1.82) is 0 Å². The molecular formula is C20H32N4O5. The second-order valence-corrected chi connectivity index (χ2v) is 8.48. The fourth-order valence-electron chi connectivity index (χ4n) is 2.50. The summed E-state index contributed by atoms with van der Waals surface area (Å²) in [6.45, 7) is 10.9. The van der Waals surface area contributed by atoms with Gasteiger partial charge in [-0.25, -0.2) is 0 Å². The Labute approximate surface area is 171 Å². The summed E-state index contributed by atoms with van der Waals surface area (Å²) < 4.78 is 0. The first-order valence-corrected chi connectivity index (χ1v) is 9.77. The Morgan fingerprint density at radius 2 is 1.52 bits per heavy atom. The molecule has 0 aromatic heterocycles. The summed E-state index contributed by atoms with van der Waals surface area (Å²) in [5.41, 5.74) is -0.628.